The summed E-state index contributed by atoms with van der Waals surface area (Å²) in [5, 5.41) is 3.08. The van der Waals surface area contributed by atoms with Crippen LogP contribution in [0.3, 0.4) is 0 Å². The zero-order chi connectivity index (χ0) is 17.4. The fourth-order valence-corrected chi connectivity index (χ4v) is 3.27. The summed E-state index contributed by atoms with van der Waals surface area (Å²) in [4.78, 5) is 15.9. The molecule has 2 aromatic rings. The topological polar surface area (TPSA) is 32.3 Å². The van der Waals surface area contributed by atoms with Crippen LogP contribution < -0.4 is 5.32 Å². The molecule has 2 rings (SSSR count). The van der Waals surface area contributed by atoms with E-state index in [1.165, 1.54) is 10.5 Å². The quantitative estimate of drug-likeness (QED) is 0.583. The molecule has 0 spiro atoms. The molecule has 0 saturated heterocycles. The van der Waals surface area contributed by atoms with Crippen LogP contribution in [0.5, 0.6) is 0 Å². The molecule has 2 aromatic carbocycles. The molecule has 24 heavy (non-hydrogen) atoms. The molecule has 0 heterocycles. The van der Waals surface area contributed by atoms with Crippen LogP contribution in [0.4, 0.5) is 0 Å². The van der Waals surface area contributed by atoms with Gasteiger partial charge in [-0.2, -0.15) is 0 Å². The zero-order valence-corrected chi connectivity index (χ0v) is 15.5. The maximum Gasteiger partial charge on any atom is 0.241 e. The molecule has 1 atom stereocenters. The highest BCUT2D eigenvalue weighted by atomic mass is 32.2. The van der Waals surface area contributed by atoms with Crippen LogP contribution in [0.25, 0.3) is 0 Å². The van der Waals surface area contributed by atoms with E-state index in [0.29, 0.717) is 6.54 Å². The summed E-state index contributed by atoms with van der Waals surface area (Å²) in [6.07, 6.45) is 0. The number of nitrogens with zero attached hydrogens (tertiary/aromatic N) is 1. The highest BCUT2D eigenvalue weighted by molar-refractivity contribution is 7.99. The number of rotatable bonds is 8. The summed E-state index contributed by atoms with van der Waals surface area (Å²) in [7, 11) is 1.98. The number of hydrogen-bond acceptors (Lipinski definition) is 3. The molecule has 0 aliphatic heterocycles. The number of amides is 1. The van der Waals surface area contributed by atoms with E-state index in [1.54, 1.807) is 11.8 Å². The number of likely N-dealkylation sites (N-methyl/N-ethyl adjacent to an activating group) is 1. The lowest BCUT2D eigenvalue weighted by Crippen LogP contribution is -2.39. The highest BCUT2D eigenvalue weighted by Crippen LogP contribution is 2.20. The van der Waals surface area contributed by atoms with Gasteiger partial charge in [-0.1, -0.05) is 55.0 Å². The van der Waals surface area contributed by atoms with Crippen LogP contribution in [0, 0.1) is 6.92 Å². The molecule has 3 nitrogen and oxygen atoms in total. The van der Waals surface area contributed by atoms with E-state index in [-0.39, 0.29) is 11.9 Å². The van der Waals surface area contributed by atoms with E-state index < -0.39 is 0 Å². The van der Waals surface area contributed by atoms with Gasteiger partial charge in [-0.15, -0.1) is 11.8 Å². The Hall–Kier alpha value is -1.78. The van der Waals surface area contributed by atoms with Crippen molar-refractivity contribution >= 4 is 17.7 Å². The minimum Gasteiger partial charge on any atom is -0.354 e. The summed E-state index contributed by atoms with van der Waals surface area (Å²) in [6.45, 7) is 5.64. The first-order valence-electron chi connectivity index (χ1n) is 8.34. The van der Waals surface area contributed by atoms with Gasteiger partial charge < -0.3 is 5.32 Å². The SMILES string of the molecule is CCN(C)C(C(=O)NCCSc1ccc(C)cc1)c1ccccc1. The second-order valence-corrected chi connectivity index (χ2v) is 7.01. The standard InChI is InChI=1S/C20H26N2OS/c1-4-22(3)19(17-8-6-5-7-9-17)20(23)21-14-15-24-18-12-10-16(2)11-13-18/h5-13,19H,4,14-15H2,1-3H3,(H,21,23). The fraction of sp³-hybridized carbons (Fsp3) is 0.350. The van der Waals surface area contributed by atoms with E-state index >= 15 is 0 Å². The maximum atomic E-state index is 12.6. The monoisotopic (exact) mass is 342 g/mol. The van der Waals surface area contributed by atoms with Gasteiger partial charge in [0.2, 0.25) is 5.91 Å². The van der Waals surface area contributed by atoms with Crippen molar-refractivity contribution in [3.05, 3.63) is 65.7 Å². The van der Waals surface area contributed by atoms with Crippen LogP contribution >= 0.6 is 11.8 Å². The molecule has 0 fully saturated rings. The van der Waals surface area contributed by atoms with Crippen molar-refractivity contribution in [2.24, 2.45) is 0 Å². The average Bonchev–Trinajstić information content (AvgIpc) is 2.61. The number of aryl methyl sites for hydroxylation is 1. The lowest BCUT2D eigenvalue weighted by molar-refractivity contribution is -0.126. The van der Waals surface area contributed by atoms with Crippen molar-refractivity contribution in [1.29, 1.82) is 0 Å². The van der Waals surface area contributed by atoms with Gasteiger partial charge in [-0.05, 0) is 38.2 Å². The van der Waals surface area contributed by atoms with Gasteiger partial charge in [0, 0.05) is 17.2 Å². The van der Waals surface area contributed by atoms with Crippen molar-refractivity contribution in [3.8, 4) is 0 Å². The summed E-state index contributed by atoms with van der Waals surface area (Å²) in [5.41, 5.74) is 2.30. The minimum absolute atomic E-state index is 0.0649. The summed E-state index contributed by atoms with van der Waals surface area (Å²) >= 11 is 1.76. The van der Waals surface area contributed by atoms with E-state index in [2.05, 4.69) is 48.3 Å². The van der Waals surface area contributed by atoms with E-state index in [9.17, 15) is 4.79 Å². The van der Waals surface area contributed by atoms with Gasteiger partial charge in [0.15, 0.2) is 0 Å². The van der Waals surface area contributed by atoms with Crippen molar-refractivity contribution in [2.45, 2.75) is 24.8 Å². The Bertz CT molecular complexity index is 628. The first-order chi connectivity index (χ1) is 11.6. The third kappa shape index (κ3) is 5.39. The van der Waals surface area contributed by atoms with Gasteiger partial charge in [-0.3, -0.25) is 9.69 Å². The normalized spacial score (nSPS) is 12.2. The summed E-state index contributed by atoms with van der Waals surface area (Å²) in [5.74, 6) is 0.932. The number of carbonyl (C=O) groups is 1. The Morgan fingerprint density at radius 1 is 1.12 bits per heavy atom. The third-order valence-corrected chi connectivity index (χ3v) is 5.01. The van der Waals surface area contributed by atoms with Crippen LogP contribution in [0.2, 0.25) is 0 Å². The third-order valence-electron chi connectivity index (χ3n) is 3.99. The maximum absolute atomic E-state index is 12.6. The molecular formula is C20H26N2OS. The Morgan fingerprint density at radius 2 is 1.79 bits per heavy atom. The van der Waals surface area contributed by atoms with Crippen molar-refractivity contribution < 1.29 is 4.79 Å². The summed E-state index contributed by atoms with van der Waals surface area (Å²) < 4.78 is 0. The van der Waals surface area contributed by atoms with E-state index in [1.807, 2.05) is 37.4 Å². The molecule has 1 amide bonds. The van der Waals surface area contributed by atoms with E-state index in [0.717, 1.165) is 17.9 Å². The number of benzene rings is 2. The second kappa shape index (κ2) is 9.50. The van der Waals surface area contributed by atoms with Crippen molar-refractivity contribution in [1.82, 2.24) is 10.2 Å². The van der Waals surface area contributed by atoms with Gasteiger partial charge in [-0.25, -0.2) is 0 Å². The smallest absolute Gasteiger partial charge is 0.241 e. The predicted octanol–water partition coefficient (Wildman–Crippen LogP) is 3.90. The van der Waals surface area contributed by atoms with Crippen LogP contribution in [-0.4, -0.2) is 36.7 Å². The highest BCUT2D eigenvalue weighted by Gasteiger charge is 2.23. The Kier molecular flexibility index (Phi) is 7.35. The Balaban J connectivity index is 1.87. The van der Waals surface area contributed by atoms with Crippen LogP contribution in [-0.2, 0) is 4.79 Å². The van der Waals surface area contributed by atoms with Gasteiger partial charge in [0.25, 0.3) is 0 Å². The largest absolute Gasteiger partial charge is 0.354 e. The molecular weight excluding hydrogens is 316 g/mol. The van der Waals surface area contributed by atoms with E-state index in [4.69, 9.17) is 0 Å². The molecule has 0 aliphatic carbocycles. The molecule has 1 unspecified atom stereocenters. The Labute approximate surface area is 149 Å². The van der Waals surface area contributed by atoms with Crippen LogP contribution in [0.15, 0.2) is 59.5 Å². The first-order valence-corrected chi connectivity index (χ1v) is 9.32. The van der Waals surface area contributed by atoms with Crippen molar-refractivity contribution in [2.75, 3.05) is 25.9 Å². The predicted molar refractivity (Wildman–Crippen MR) is 102 cm³/mol. The molecule has 0 radical (unpaired) electrons. The van der Waals surface area contributed by atoms with Crippen LogP contribution in [0.1, 0.15) is 24.1 Å². The van der Waals surface area contributed by atoms with Crippen molar-refractivity contribution in [3.63, 3.8) is 0 Å². The summed E-state index contributed by atoms with van der Waals surface area (Å²) in [6, 6.07) is 18.2. The Morgan fingerprint density at radius 3 is 2.42 bits per heavy atom. The number of nitrogens with one attached hydrogen (secondary N) is 1. The molecule has 4 heteroatoms. The zero-order valence-electron chi connectivity index (χ0n) is 14.7. The average molecular weight is 343 g/mol. The lowest BCUT2D eigenvalue weighted by atomic mass is 10.1. The fourth-order valence-electron chi connectivity index (χ4n) is 2.50. The lowest BCUT2D eigenvalue weighted by Gasteiger charge is -2.26. The molecule has 0 saturated carbocycles. The number of hydrogen-bond donors (Lipinski definition) is 1. The van der Waals surface area contributed by atoms with Gasteiger partial charge >= 0.3 is 0 Å². The first kappa shape index (κ1) is 18.6. The second-order valence-electron chi connectivity index (χ2n) is 5.84. The number of thioether (sulfide) groups is 1. The molecule has 128 valence electrons. The molecule has 1 N–H and O–H groups in total. The molecule has 0 aromatic heterocycles. The molecule has 0 bridgehead atoms. The number of carbonyl (C=O) groups excluding carboxylic acids is 1. The minimum atomic E-state index is -0.236. The van der Waals surface area contributed by atoms with Gasteiger partial charge in [0.05, 0.1) is 0 Å². The molecule has 0 aliphatic rings. The van der Waals surface area contributed by atoms with Gasteiger partial charge in [0.1, 0.15) is 6.04 Å².